The van der Waals surface area contributed by atoms with Gasteiger partial charge in [0.25, 0.3) is 5.91 Å². The topological polar surface area (TPSA) is 81.8 Å². The lowest BCUT2D eigenvalue weighted by atomic mass is 9.93. The Hall–Kier alpha value is -3.42. The molecule has 2 aromatic carbocycles. The minimum Gasteiger partial charge on any atom is -0.351 e. The number of amides is 4. The molecule has 2 unspecified atom stereocenters. The predicted octanol–water partition coefficient (Wildman–Crippen LogP) is 4.46. The van der Waals surface area contributed by atoms with Crippen molar-refractivity contribution in [3.05, 3.63) is 65.5 Å². The van der Waals surface area contributed by atoms with Crippen molar-refractivity contribution in [2.24, 2.45) is 0 Å². The molecule has 4 rings (SSSR count). The molecular formula is C28H35FN4O3. The van der Waals surface area contributed by atoms with E-state index in [0.29, 0.717) is 24.9 Å². The van der Waals surface area contributed by atoms with Crippen LogP contribution in [0.3, 0.4) is 0 Å². The number of benzene rings is 2. The smallest absolute Gasteiger partial charge is 0.317 e. The standard InChI is InChI=1S/C28H35FN4O3/c1-19-10-6-7-15-23(19)25(26(34)31-21-12-4-3-5-13-21)33(22-14-8-11-20(29)18-22)27(35)24-16-9-17-32(24)28(36)30-2/h6-8,10-11,14-15,18,21,24-25H,3-5,9,12-13,16-17H2,1-2H3,(H,30,36)(H,31,34). The average molecular weight is 495 g/mol. The molecule has 2 aliphatic rings. The first-order valence-corrected chi connectivity index (χ1v) is 12.8. The number of carbonyl (C=O) groups excluding carboxylic acids is 3. The summed E-state index contributed by atoms with van der Waals surface area (Å²) in [5.74, 6) is -1.19. The largest absolute Gasteiger partial charge is 0.351 e. The molecule has 0 spiro atoms. The van der Waals surface area contributed by atoms with Crippen LogP contribution < -0.4 is 15.5 Å². The van der Waals surface area contributed by atoms with Crippen molar-refractivity contribution < 1.29 is 18.8 Å². The van der Waals surface area contributed by atoms with E-state index in [1.54, 1.807) is 6.07 Å². The van der Waals surface area contributed by atoms with Crippen LogP contribution in [0.25, 0.3) is 0 Å². The van der Waals surface area contributed by atoms with Gasteiger partial charge in [-0.2, -0.15) is 0 Å². The Morgan fingerprint density at radius 3 is 2.44 bits per heavy atom. The third-order valence-corrected chi connectivity index (χ3v) is 7.28. The minimum atomic E-state index is -1.01. The van der Waals surface area contributed by atoms with Gasteiger partial charge >= 0.3 is 6.03 Å². The molecule has 2 fully saturated rings. The molecule has 0 aromatic heterocycles. The van der Waals surface area contributed by atoms with Gasteiger partial charge in [0.1, 0.15) is 17.9 Å². The van der Waals surface area contributed by atoms with Gasteiger partial charge in [-0.15, -0.1) is 0 Å². The molecule has 0 bridgehead atoms. The van der Waals surface area contributed by atoms with Gasteiger partial charge in [0.05, 0.1) is 0 Å². The van der Waals surface area contributed by atoms with E-state index in [-0.39, 0.29) is 23.7 Å². The van der Waals surface area contributed by atoms with Crippen LogP contribution in [0.15, 0.2) is 48.5 Å². The summed E-state index contributed by atoms with van der Waals surface area (Å²) >= 11 is 0. The van der Waals surface area contributed by atoms with Gasteiger partial charge in [0.2, 0.25) is 5.91 Å². The number of urea groups is 1. The van der Waals surface area contributed by atoms with Crippen molar-refractivity contribution in [3.8, 4) is 0 Å². The Morgan fingerprint density at radius 1 is 1.00 bits per heavy atom. The zero-order valence-corrected chi connectivity index (χ0v) is 21.0. The molecule has 7 nitrogen and oxygen atoms in total. The molecule has 192 valence electrons. The predicted molar refractivity (Wildman–Crippen MR) is 137 cm³/mol. The summed E-state index contributed by atoms with van der Waals surface area (Å²) < 4.78 is 14.4. The van der Waals surface area contributed by atoms with Crippen LogP contribution in [-0.4, -0.2) is 48.4 Å². The molecule has 1 heterocycles. The second-order valence-corrected chi connectivity index (χ2v) is 9.70. The summed E-state index contributed by atoms with van der Waals surface area (Å²) in [4.78, 5) is 43.6. The molecule has 0 radical (unpaired) electrons. The summed E-state index contributed by atoms with van der Waals surface area (Å²) in [6, 6.07) is 11.2. The first-order chi connectivity index (χ1) is 17.4. The molecule has 1 saturated carbocycles. The Balaban J connectivity index is 1.80. The van der Waals surface area contributed by atoms with E-state index < -0.39 is 23.8 Å². The Kier molecular flexibility index (Phi) is 8.23. The van der Waals surface area contributed by atoms with Crippen molar-refractivity contribution in [2.45, 2.75) is 70.0 Å². The minimum absolute atomic E-state index is 0.0380. The molecule has 1 aliphatic heterocycles. The highest BCUT2D eigenvalue weighted by Gasteiger charge is 2.42. The number of carbonyl (C=O) groups is 3. The van der Waals surface area contributed by atoms with Crippen molar-refractivity contribution in [3.63, 3.8) is 0 Å². The summed E-state index contributed by atoms with van der Waals surface area (Å²) in [5.41, 5.74) is 1.81. The number of hydrogen-bond acceptors (Lipinski definition) is 3. The zero-order valence-electron chi connectivity index (χ0n) is 21.0. The molecule has 1 aliphatic carbocycles. The van der Waals surface area contributed by atoms with Gasteiger partial charge < -0.3 is 15.5 Å². The van der Waals surface area contributed by atoms with Gasteiger partial charge in [-0.05, 0) is 61.9 Å². The van der Waals surface area contributed by atoms with Crippen LogP contribution in [0, 0.1) is 12.7 Å². The van der Waals surface area contributed by atoms with E-state index in [1.807, 2.05) is 31.2 Å². The van der Waals surface area contributed by atoms with E-state index in [2.05, 4.69) is 10.6 Å². The Bertz CT molecular complexity index is 1100. The number of nitrogens with one attached hydrogen (secondary N) is 2. The third kappa shape index (κ3) is 5.53. The van der Waals surface area contributed by atoms with Crippen LogP contribution >= 0.6 is 0 Å². The number of aryl methyl sites for hydroxylation is 1. The van der Waals surface area contributed by atoms with E-state index in [0.717, 1.165) is 37.7 Å². The molecule has 2 aromatic rings. The maximum Gasteiger partial charge on any atom is 0.317 e. The lowest BCUT2D eigenvalue weighted by Gasteiger charge is -2.37. The molecule has 8 heteroatoms. The zero-order chi connectivity index (χ0) is 25.7. The van der Waals surface area contributed by atoms with Gasteiger partial charge in [-0.25, -0.2) is 9.18 Å². The van der Waals surface area contributed by atoms with E-state index >= 15 is 0 Å². The third-order valence-electron chi connectivity index (χ3n) is 7.28. The van der Waals surface area contributed by atoms with Gasteiger partial charge in [-0.1, -0.05) is 49.6 Å². The van der Waals surface area contributed by atoms with Gasteiger partial charge in [0.15, 0.2) is 0 Å². The first-order valence-electron chi connectivity index (χ1n) is 12.8. The second-order valence-electron chi connectivity index (χ2n) is 9.70. The van der Waals surface area contributed by atoms with Crippen LogP contribution in [0.5, 0.6) is 0 Å². The Labute approximate surface area is 212 Å². The van der Waals surface area contributed by atoms with E-state index in [1.165, 1.54) is 35.0 Å². The second kappa shape index (κ2) is 11.5. The molecule has 36 heavy (non-hydrogen) atoms. The molecule has 1 saturated heterocycles. The monoisotopic (exact) mass is 494 g/mol. The highest BCUT2D eigenvalue weighted by molar-refractivity contribution is 6.05. The van der Waals surface area contributed by atoms with Crippen molar-refractivity contribution >= 4 is 23.5 Å². The number of likely N-dealkylation sites (tertiary alicyclic amines) is 1. The number of halogens is 1. The lowest BCUT2D eigenvalue weighted by Crippen LogP contribution is -2.54. The van der Waals surface area contributed by atoms with Gasteiger partial charge in [0, 0.05) is 25.3 Å². The number of rotatable bonds is 6. The number of nitrogens with zero attached hydrogens (tertiary/aromatic N) is 2. The fraction of sp³-hybridized carbons (Fsp3) is 0.464. The van der Waals surface area contributed by atoms with Crippen LogP contribution in [-0.2, 0) is 9.59 Å². The van der Waals surface area contributed by atoms with Crippen molar-refractivity contribution in [1.29, 1.82) is 0 Å². The molecule has 4 amide bonds. The van der Waals surface area contributed by atoms with E-state index in [4.69, 9.17) is 0 Å². The van der Waals surface area contributed by atoms with Crippen LogP contribution in [0.2, 0.25) is 0 Å². The fourth-order valence-electron chi connectivity index (χ4n) is 5.42. The van der Waals surface area contributed by atoms with Crippen molar-refractivity contribution in [1.82, 2.24) is 15.5 Å². The lowest BCUT2D eigenvalue weighted by molar-refractivity contribution is -0.128. The number of hydrogen-bond donors (Lipinski definition) is 2. The summed E-state index contributed by atoms with van der Waals surface area (Å²) in [5, 5.41) is 5.78. The maximum atomic E-state index is 14.4. The van der Waals surface area contributed by atoms with E-state index in [9.17, 15) is 18.8 Å². The highest BCUT2D eigenvalue weighted by Crippen LogP contribution is 2.34. The van der Waals surface area contributed by atoms with Crippen molar-refractivity contribution in [2.75, 3.05) is 18.5 Å². The number of anilines is 1. The first kappa shape index (κ1) is 25.7. The average Bonchev–Trinajstić information content (AvgIpc) is 3.38. The summed E-state index contributed by atoms with van der Waals surface area (Å²) in [6.07, 6.45) is 6.19. The van der Waals surface area contributed by atoms with Crippen LogP contribution in [0.1, 0.15) is 62.1 Å². The maximum absolute atomic E-state index is 14.4. The molecular weight excluding hydrogens is 459 g/mol. The summed E-state index contributed by atoms with van der Waals surface area (Å²) in [7, 11) is 1.53. The highest BCUT2D eigenvalue weighted by atomic mass is 19.1. The fourth-order valence-corrected chi connectivity index (χ4v) is 5.42. The SMILES string of the molecule is CNC(=O)N1CCCC1C(=O)N(c1cccc(F)c1)C(C(=O)NC1CCCCC1)c1ccccc1C. The summed E-state index contributed by atoms with van der Waals surface area (Å²) in [6.45, 7) is 2.34. The van der Waals surface area contributed by atoms with Gasteiger partial charge in [-0.3, -0.25) is 14.5 Å². The molecule has 2 atom stereocenters. The quantitative estimate of drug-likeness (QED) is 0.622. The van der Waals surface area contributed by atoms with Crippen LogP contribution in [0.4, 0.5) is 14.9 Å². The normalized spacial score (nSPS) is 19.0. The molecule has 2 N–H and O–H groups in total. The Morgan fingerprint density at radius 2 is 1.75 bits per heavy atom.